The van der Waals surface area contributed by atoms with Gasteiger partial charge in [0.2, 0.25) is 0 Å². The van der Waals surface area contributed by atoms with Crippen molar-refractivity contribution in [3.05, 3.63) is 45.4 Å². The van der Waals surface area contributed by atoms with Crippen LogP contribution in [0.2, 0.25) is 10.0 Å². The van der Waals surface area contributed by atoms with Gasteiger partial charge in [0.15, 0.2) is 0 Å². The molecule has 0 atom stereocenters. The summed E-state index contributed by atoms with van der Waals surface area (Å²) in [5, 5.41) is 12.0. The summed E-state index contributed by atoms with van der Waals surface area (Å²) in [5.74, 6) is -0.361. The van der Waals surface area contributed by atoms with Gasteiger partial charge in [-0.1, -0.05) is 23.2 Å². The van der Waals surface area contributed by atoms with Crippen molar-refractivity contribution in [3.8, 4) is 0 Å². The maximum Gasteiger partial charge on any atom is 0.267 e. The van der Waals surface area contributed by atoms with Crippen molar-refractivity contribution < 1.29 is 4.79 Å². The van der Waals surface area contributed by atoms with Gasteiger partial charge in [-0.15, -0.1) is 16.4 Å². The van der Waals surface area contributed by atoms with Gasteiger partial charge >= 0.3 is 0 Å². The third-order valence-corrected chi connectivity index (χ3v) is 4.47. The molecule has 0 saturated heterocycles. The van der Waals surface area contributed by atoms with E-state index in [-0.39, 0.29) is 5.91 Å². The van der Waals surface area contributed by atoms with Gasteiger partial charge in [-0.3, -0.25) is 4.79 Å². The summed E-state index contributed by atoms with van der Waals surface area (Å²) in [4.78, 5) is 13.3. The second kappa shape index (κ2) is 5.48. The van der Waals surface area contributed by atoms with Crippen LogP contribution in [0.25, 0.3) is 10.2 Å². The molecule has 3 N–H and O–H groups in total. The molecule has 5 nitrogen and oxygen atoms in total. The second-order valence-corrected chi connectivity index (χ2v) is 6.02. The van der Waals surface area contributed by atoms with Gasteiger partial charge in [-0.25, -0.2) is 0 Å². The van der Waals surface area contributed by atoms with Crippen molar-refractivity contribution in [1.29, 1.82) is 0 Å². The van der Waals surface area contributed by atoms with E-state index in [4.69, 9.17) is 28.9 Å². The number of carbonyl (C=O) groups is 1. The lowest BCUT2D eigenvalue weighted by atomic mass is 10.2. The average molecular weight is 339 g/mol. The molecule has 21 heavy (non-hydrogen) atoms. The molecule has 0 saturated carbocycles. The lowest BCUT2D eigenvalue weighted by molar-refractivity contribution is 0.103. The zero-order chi connectivity index (χ0) is 15.0. The number of rotatable bonds is 2. The summed E-state index contributed by atoms with van der Waals surface area (Å²) < 4.78 is 0. The van der Waals surface area contributed by atoms with Gasteiger partial charge in [-0.2, -0.15) is 5.10 Å². The van der Waals surface area contributed by atoms with Crippen molar-refractivity contribution in [2.75, 3.05) is 11.1 Å². The third kappa shape index (κ3) is 2.65. The number of amides is 1. The first kappa shape index (κ1) is 14.1. The number of carbonyl (C=O) groups excluding carboxylic acids is 1. The summed E-state index contributed by atoms with van der Waals surface area (Å²) in [7, 11) is 0. The highest BCUT2D eigenvalue weighted by atomic mass is 35.5. The molecule has 8 heteroatoms. The van der Waals surface area contributed by atoms with Crippen molar-refractivity contribution in [3.63, 3.8) is 0 Å². The fourth-order valence-corrected chi connectivity index (χ4v) is 3.08. The van der Waals surface area contributed by atoms with Crippen LogP contribution in [-0.4, -0.2) is 16.1 Å². The molecule has 0 bridgehead atoms. The summed E-state index contributed by atoms with van der Waals surface area (Å²) in [6.45, 7) is 0. The number of halogens is 2. The second-order valence-electron chi connectivity index (χ2n) is 4.17. The SMILES string of the molecule is Nc1c(C(=O)Nc2cc(Cl)ccc2Cl)sc2nnccc12. The molecular weight excluding hydrogens is 331 g/mol. The molecule has 0 aliphatic heterocycles. The van der Waals surface area contributed by atoms with Crippen LogP contribution in [0.15, 0.2) is 30.5 Å². The molecule has 106 valence electrons. The van der Waals surface area contributed by atoms with Crippen molar-refractivity contribution in [1.82, 2.24) is 10.2 Å². The molecule has 2 heterocycles. The third-order valence-electron chi connectivity index (χ3n) is 2.80. The average Bonchev–Trinajstić information content (AvgIpc) is 2.81. The predicted octanol–water partition coefficient (Wildman–Crippen LogP) is 3.83. The zero-order valence-electron chi connectivity index (χ0n) is 10.4. The van der Waals surface area contributed by atoms with E-state index >= 15 is 0 Å². The van der Waals surface area contributed by atoms with Crippen LogP contribution < -0.4 is 11.1 Å². The number of hydrogen-bond acceptors (Lipinski definition) is 5. The Balaban J connectivity index is 1.97. The molecule has 3 aromatic rings. The fraction of sp³-hybridized carbons (Fsp3) is 0. The number of benzene rings is 1. The minimum absolute atomic E-state index is 0.361. The molecule has 0 spiro atoms. The zero-order valence-corrected chi connectivity index (χ0v) is 12.8. The Labute approximate surface area is 133 Å². The topological polar surface area (TPSA) is 80.9 Å². The molecule has 0 unspecified atom stereocenters. The minimum Gasteiger partial charge on any atom is -0.397 e. The lowest BCUT2D eigenvalue weighted by Gasteiger charge is -2.07. The highest BCUT2D eigenvalue weighted by Gasteiger charge is 2.18. The monoisotopic (exact) mass is 338 g/mol. The first-order valence-electron chi connectivity index (χ1n) is 5.82. The fourth-order valence-electron chi connectivity index (χ4n) is 1.81. The van der Waals surface area contributed by atoms with Crippen LogP contribution in [0.5, 0.6) is 0 Å². The van der Waals surface area contributed by atoms with E-state index in [0.29, 0.717) is 36.5 Å². The van der Waals surface area contributed by atoms with Crippen molar-refractivity contribution >= 4 is 62.0 Å². The van der Waals surface area contributed by atoms with Gasteiger partial charge in [0.05, 0.1) is 22.6 Å². The van der Waals surface area contributed by atoms with Gasteiger partial charge < -0.3 is 11.1 Å². The van der Waals surface area contributed by atoms with E-state index in [1.807, 2.05) is 0 Å². The number of anilines is 2. The van der Waals surface area contributed by atoms with Gasteiger partial charge in [0, 0.05) is 10.4 Å². The number of thiophene rings is 1. The van der Waals surface area contributed by atoms with Crippen LogP contribution in [-0.2, 0) is 0 Å². The Morgan fingerprint density at radius 1 is 1.29 bits per heavy atom. The van der Waals surface area contributed by atoms with Gasteiger partial charge in [-0.05, 0) is 24.3 Å². The molecule has 2 aromatic heterocycles. The van der Waals surface area contributed by atoms with Crippen molar-refractivity contribution in [2.24, 2.45) is 0 Å². The molecule has 0 fully saturated rings. The number of aromatic nitrogens is 2. The summed E-state index contributed by atoms with van der Waals surface area (Å²) in [6.07, 6.45) is 1.53. The number of hydrogen-bond donors (Lipinski definition) is 2. The maximum absolute atomic E-state index is 12.3. The number of nitrogens with zero attached hydrogens (tertiary/aromatic N) is 2. The molecule has 0 aliphatic carbocycles. The van der Waals surface area contributed by atoms with E-state index in [9.17, 15) is 4.79 Å². The number of nitrogens with two attached hydrogens (primary N) is 1. The van der Waals surface area contributed by atoms with E-state index in [0.717, 1.165) is 0 Å². The van der Waals surface area contributed by atoms with E-state index in [2.05, 4.69) is 15.5 Å². The van der Waals surface area contributed by atoms with Crippen LogP contribution in [0.4, 0.5) is 11.4 Å². The summed E-state index contributed by atoms with van der Waals surface area (Å²) in [5.41, 5.74) is 6.79. The summed E-state index contributed by atoms with van der Waals surface area (Å²) in [6, 6.07) is 6.55. The normalized spacial score (nSPS) is 10.8. The Hall–Kier alpha value is -1.89. The Morgan fingerprint density at radius 2 is 2.10 bits per heavy atom. The highest BCUT2D eigenvalue weighted by Crippen LogP contribution is 2.33. The Morgan fingerprint density at radius 3 is 2.86 bits per heavy atom. The van der Waals surface area contributed by atoms with Gasteiger partial charge in [0.1, 0.15) is 9.71 Å². The van der Waals surface area contributed by atoms with Crippen LogP contribution >= 0.6 is 34.5 Å². The number of nitrogens with one attached hydrogen (secondary N) is 1. The largest absolute Gasteiger partial charge is 0.397 e. The van der Waals surface area contributed by atoms with Crippen LogP contribution in [0, 0.1) is 0 Å². The van der Waals surface area contributed by atoms with Gasteiger partial charge in [0.25, 0.3) is 5.91 Å². The minimum atomic E-state index is -0.361. The lowest BCUT2D eigenvalue weighted by Crippen LogP contribution is -2.12. The number of nitrogen functional groups attached to an aromatic ring is 1. The molecule has 1 aromatic carbocycles. The predicted molar refractivity (Wildman–Crippen MR) is 86.2 cm³/mol. The van der Waals surface area contributed by atoms with E-state index < -0.39 is 0 Å². The molecule has 0 aliphatic rings. The molecular formula is C13H8Cl2N4OS. The van der Waals surface area contributed by atoms with Crippen LogP contribution in [0.3, 0.4) is 0 Å². The van der Waals surface area contributed by atoms with Crippen LogP contribution in [0.1, 0.15) is 9.67 Å². The smallest absolute Gasteiger partial charge is 0.267 e. The Kier molecular flexibility index (Phi) is 3.67. The van der Waals surface area contributed by atoms with E-state index in [1.165, 1.54) is 17.5 Å². The Bertz CT molecular complexity index is 849. The highest BCUT2D eigenvalue weighted by molar-refractivity contribution is 7.21. The molecule has 3 rings (SSSR count). The quantitative estimate of drug-likeness (QED) is 0.743. The van der Waals surface area contributed by atoms with E-state index in [1.54, 1.807) is 24.3 Å². The standard InChI is InChI=1S/C13H8Cl2N4OS/c14-6-1-2-8(15)9(5-6)18-12(20)11-10(16)7-3-4-17-19-13(7)21-11/h1-5H,16H2,(H,18,20). The first-order valence-corrected chi connectivity index (χ1v) is 7.39. The van der Waals surface area contributed by atoms with Crippen molar-refractivity contribution in [2.45, 2.75) is 0 Å². The first-order chi connectivity index (χ1) is 10.1. The summed E-state index contributed by atoms with van der Waals surface area (Å²) >= 11 is 13.1. The molecule has 1 amide bonds. The maximum atomic E-state index is 12.3. The molecule has 0 radical (unpaired) electrons. The number of fused-ring (bicyclic) bond motifs is 1.